The van der Waals surface area contributed by atoms with Crippen molar-refractivity contribution in [2.75, 3.05) is 6.61 Å². The Morgan fingerprint density at radius 3 is 1.90 bits per heavy atom. The van der Waals surface area contributed by atoms with Crippen LogP contribution in [0.15, 0.2) is 61.7 Å². The highest BCUT2D eigenvalue weighted by atomic mass is 16.6. The first-order valence-corrected chi connectivity index (χ1v) is 9.94. The molecule has 4 heteroatoms. The number of hydrogen-bond donors (Lipinski definition) is 0. The molecule has 150 valence electrons. The second-order valence-corrected chi connectivity index (χ2v) is 7.24. The van der Waals surface area contributed by atoms with Crippen molar-refractivity contribution in [1.82, 2.24) is 0 Å². The van der Waals surface area contributed by atoms with Crippen LogP contribution < -0.4 is 0 Å². The predicted octanol–water partition coefficient (Wildman–Crippen LogP) is 5.55. The molecule has 3 rings (SSSR count). The largest absolute Gasteiger partial charge is 0.462 e. The summed E-state index contributed by atoms with van der Waals surface area (Å²) in [5.41, 5.74) is 2.91. The van der Waals surface area contributed by atoms with Gasteiger partial charge < -0.3 is 9.47 Å². The van der Waals surface area contributed by atoms with E-state index in [2.05, 4.69) is 13.2 Å². The normalized spacial score (nSPS) is 18.5. The Morgan fingerprint density at radius 1 is 0.828 bits per heavy atom. The maximum absolute atomic E-state index is 12.5. The van der Waals surface area contributed by atoms with Gasteiger partial charge in [0.15, 0.2) is 0 Å². The van der Waals surface area contributed by atoms with Crippen molar-refractivity contribution in [3.05, 3.63) is 83.9 Å². The van der Waals surface area contributed by atoms with E-state index in [0.717, 1.165) is 36.8 Å². The Balaban J connectivity index is 1.58. The van der Waals surface area contributed by atoms with Crippen LogP contribution in [0.2, 0.25) is 0 Å². The summed E-state index contributed by atoms with van der Waals surface area (Å²) >= 11 is 0. The molecular weight excluding hydrogens is 364 g/mol. The van der Waals surface area contributed by atoms with E-state index >= 15 is 0 Å². The number of esters is 2. The molecule has 0 aromatic heterocycles. The highest BCUT2D eigenvalue weighted by Gasteiger charge is 2.30. The van der Waals surface area contributed by atoms with Crippen LogP contribution in [-0.2, 0) is 9.47 Å². The van der Waals surface area contributed by atoms with Crippen molar-refractivity contribution in [1.29, 1.82) is 0 Å². The molecule has 0 amide bonds. The van der Waals surface area contributed by atoms with Gasteiger partial charge in [-0.1, -0.05) is 56.0 Å². The Hall–Kier alpha value is -3.14. The molecule has 0 saturated heterocycles. The van der Waals surface area contributed by atoms with Crippen molar-refractivity contribution in [2.45, 2.75) is 31.8 Å². The minimum Gasteiger partial charge on any atom is -0.462 e. The van der Waals surface area contributed by atoms with Gasteiger partial charge in [0.05, 0.1) is 17.7 Å². The number of benzene rings is 2. The van der Waals surface area contributed by atoms with E-state index in [4.69, 9.17) is 9.47 Å². The SMILES string of the molecule is C=Cc1ccc(C(=O)OC[C@@H]2CCCC[C@@H]2OC(=O)c2ccc(C=C)cc2)cc1. The second-order valence-electron chi connectivity index (χ2n) is 7.24. The van der Waals surface area contributed by atoms with Gasteiger partial charge >= 0.3 is 11.9 Å². The average Bonchev–Trinajstić information content (AvgIpc) is 2.78. The fraction of sp³-hybridized carbons (Fsp3) is 0.280. The van der Waals surface area contributed by atoms with Crippen LogP contribution in [0.4, 0.5) is 0 Å². The van der Waals surface area contributed by atoms with Crippen LogP contribution in [-0.4, -0.2) is 24.6 Å². The van der Waals surface area contributed by atoms with Gasteiger partial charge in [0, 0.05) is 5.92 Å². The number of ether oxygens (including phenoxy) is 2. The Labute approximate surface area is 171 Å². The Bertz CT molecular complexity index is 865. The predicted molar refractivity (Wildman–Crippen MR) is 115 cm³/mol. The van der Waals surface area contributed by atoms with Crippen molar-refractivity contribution in [3.63, 3.8) is 0 Å². The standard InChI is InChI=1S/C25H26O4/c1-3-18-9-13-20(14-10-18)24(26)28-17-22-7-5-6-8-23(22)29-25(27)21-15-11-19(4-2)12-16-21/h3-4,9-16,22-23H,1-2,5-8,17H2/t22-,23-/m0/s1. The second kappa shape index (κ2) is 9.87. The molecule has 2 aromatic rings. The van der Waals surface area contributed by atoms with Crippen LogP contribution in [0.3, 0.4) is 0 Å². The van der Waals surface area contributed by atoms with Crippen LogP contribution in [0.25, 0.3) is 12.2 Å². The van der Waals surface area contributed by atoms with Crippen molar-refractivity contribution < 1.29 is 19.1 Å². The number of carbonyl (C=O) groups is 2. The highest BCUT2D eigenvalue weighted by molar-refractivity contribution is 5.90. The molecular formula is C25H26O4. The van der Waals surface area contributed by atoms with E-state index in [0.29, 0.717) is 11.1 Å². The summed E-state index contributed by atoms with van der Waals surface area (Å²) < 4.78 is 11.3. The average molecular weight is 390 g/mol. The summed E-state index contributed by atoms with van der Waals surface area (Å²) in [6.07, 6.45) is 6.90. The van der Waals surface area contributed by atoms with Gasteiger partial charge in [-0.25, -0.2) is 9.59 Å². The molecule has 0 radical (unpaired) electrons. The summed E-state index contributed by atoms with van der Waals surface area (Å²) in [5.74, 6) is -0.698. The molecule has 1 saturated carbocycles. The minimum atomic E-state index is -0.365. The summed E-state index contributed by atoms with van der Waals surface area (Å²) in [7, 11) is 0. The summed E-state index contributed by atoms with van der Waals surface area (Å²) in [4.78, 5) is 24.8. The summed E-state index contributed by atoms with van der Waals surface area (Å²) in [6, 6.07) is 14.3. The van der Waals surface area contributed by atoms with E-state index in [1.54, 1.807) is 36.4 Å². The minimum absolute atomic E-state index is 0.0107. The third-order valence-corrected chi connectivity index (χ3v) is 5.29. The van der Waals surface area contributed by atoms with Gasteiger partial charge in [-0.2, -0.15) is 0 Å². The number of carbonyl (C=O) groups excluding carboxylic acids is 2. The molecule has 1 aliphatic rings. The van der Waals surface area contributed by atoms with Gasteiger partial charge in [-0.15, -0.1) is 0 Å². The molecule has 0 spiro atoms. The lowest BCUT2D eigenvalue weighted by Crippen LogP contribution is -2.33. The zero-order chi connectivity index (χ0) is 20.6. The zero-order valence-corrected chi connectivity index (χ0v) is 16.5. The van der Waals surface area contributed by atoms with E-state index in [1.165, 1.54) is 0 Å². The first-order valence-electron chi connectivity index (χ1n) is 9.94. The molecule has 1 fully saturated rings. The maximum atomic E-state index is 12.5. The van der Waals surface area contributed by atoms with E-state index in [9.17, 15) is 9.59 Å². The molecule has 0 unspecified atom stereocenters. The maximum Gasteiger partial charge on any atom is 0.338 e. The Morgan fingerprint density at radius 2 is 1.34 bits per heavy atom. The molecule has 0 heterocycles. The van der Waals surface area contributed by atoms with Crippen molar-refractivity contribution >= 4 is 24.1 Å². The van der Waals surface area contributed by atoms with Crippen molar-refractivity contribution in [2.24, 2.45) is 5.92 Å². The van der Waals surface area contributed by atoms with Crippen LogP contribution in [0.1, 0.15) is 57.5 Å². The lowest BCUT2D eigenvalue weighted by Gasteiger charge is -2.30. The molecule has 2 atom stereocenters. The van der Waals surface area contributed by atoms with Crippen molar-refractivity contribution in [3.8, 4) is 0 Å². The third-order valence-electron chi connectivity index (χ3n) is 5.29. The van der Waals surface area contributed by atoms with E-state index < -0.39 is 0 Å². The van der Waals surface area contributed by atoms with Gasteiger partial charge in [0.1, 0.15) is 6.10 Å². The zero-order valence-electron chi connectivity index (χ0n) is 16.5. The Kier molecular flexibility index (Phi) is 7.01. The number of hydrogen-bond acceptors (Lipinski definition) is 4. The number of rotatable bonds is 7. The van der Waals surface area contributed by atoms with Gasteiger partial charge in [-0.05, 0) is 54.7 Å². The molecule has 4 nitrogen and oxygen atoms in total. The van der Waals surface area contributed by atoms with E-state index in [-0.39, 0.29) is 30.6 Å². The van der Waals surface area contributed by atoms with Crippen LogP contribution in [0.5, 0.6) is 0 Å². The van der Waals surface area contributed by atoms with Gasteiger partial charge in [0.2, 0.25) is 0 Å². The van der Waals surface area contributed by atoms with Gasteiger partial charge in [0.25, 0.3) is 0 Å². The first kappa shape index (κ1) is 20.6. The molecule has 0 aliphatic heterocycles. The fourth-order valence-corrected chi connectivity index (χ4v) is 3.50. The topological polar surface area (TPSA) is 52.6 Å². The fourth-order valence-electron chi connectivity index (χ4n) is 3.50. The third kappa shape index (κ3) is 5.44. The molecule has 0 N–H and O–H groups in total. The molecule has 29 heavy (non-hydrogen) atoms. The van der Waals surface area contributed by atoms with Crippen LogP contribution >= 0.6 is 0 Å². The molecule has 2 aromatic carbocycles. The quantitative estimate of drug-likeness (QED) is 0.582. The first-order chi connectivity index (χ1) is 14.1. The lowest BCUT2D eigenvalue weighted by atomic mass is 9.87. The van der Waals surface area contributed by atoms with Crippen LogP contribution in [0, 0.1) is 5.92 Å². The van der Waals surface area contributed by atoms with E-state index in [1.807, 2.05) is 24.3 Å². The smallest absolute Gasteiger partial charge is 0.338 e. The summed E-state index contributed by atoms with van der Waals surface area (Å²) in [5, 5.41) is 0. The monoisotopic (exact) mass is 390 g/mol. The van der Waals surface area contributed by atoms with Gasteiger partial charge in [-0.3, -0.25) is 0 Å². The lowest BCUT2D eigenvalue weighted by molar-refractivity contribution is -0.0178. The highest BCUT2D eigenvalue weighted by Crippen LogP contribution is 2.28. The molecule has 1 aliphatic carbocycles. The molecule has 0 bridgehead atoms. The summed E-state index contributed by atoms with van der Waals surface area (Å²) in [6.45, 7) is 7.66.